The molecule has 0 bridgehead atoms. The van der Waals surface area contributed by atoms with Gasteiger partial charge in [0.25, 0.3) is 0 Å². The molecule has 1 aromatic carbocycles. The molecule has 0 radical (unpaired) electrons. The molecule has 24 heavy (non-hydrogen) atoms. The first-order valence-corrected chi connectivity index (χ1v) is 8.32. The van der Waals surface area contributed by atoms with E-state index in [1.807, 2.05) is 32.7 Å². The first-order chi connectivity index (χ1) is 11.3. The maximum Gasteiger partial charge on any atom is 0.243 e. The van der Waals surface area contributed by atoms with E-state index >= 15 is 0 Å². The van der Waals surface area contributed by atoms with Crippen LogP contribution in [-0.2, 0) is 4.79 Å². The highest BCUT2D eigenvalue weighted by Crippen LogP contribution is 2.25. The minimum absolute atomic E-state index is 0.167. The second-order valence-corrected chi connectivity index (χ2v) is 6.73. The van der Waals surface area contributed by atoms with Gasteiger partial charge in [0.1, 0.15) is 0 Å². The van der Waals surface area contributed by atoms with E-state index < -0.39 is 0 Å². The summed E-state index contributed by atoms with van der Waals surface area (Å²) in [5.41, 5.74) is 0.593. The molecule has 1 N–H and O–H groups in total. The van der Waals surface area contributed by atoms with Crippen LogP contribution in [0.2, 0.25) is 10.0 Å². The molecule has 1 atom stereocenters. The standard InChI is InChI=1S/C16H20Cl2N4O2/c1-9(2)15-20-16(24-21-15)10(3)22(4)8-14(23)19-11-5-6-12(17)13(18)7-11/h5-7,9-10H,8H2,1-4H3,(H,19,23). The quantitative estimate of drug-likeness (QED) is 0.827. The Bertz CT molecular complexity index is 718. The molecular weight excluding hydrogens is 351 g/mol. The van der Waals surface area contributed by atoms with Gasteiger partial charge in [-0.2, -0.15) is 4.98 Å². The van der Waals surface area contributed by atoms with Crippen molar-refractivity contribution in [1.82, 2.24) is 15.0 Å². The number of amides is 1. The third kappa shape index (κ3) is 4.69. The van der Waals surface area contributed by atoms with Crippen LogP contribution in [0.15, 0.2) is 22.7 Å². The predicted octanol–water partition coefficient (Wildman–Crippen LogP) is 4.13. The summed E-state index contributed by atoms with van der Waals surface area (Å²) in [6.45, 7) is 6.06. The first kappa shape index (κ1) is 18.7. The zero-order valence-corrected chi connectivity index (χ0v) is 15.5. The molecule has 0 saturated heterocycles. The van der Waals surface area contributed by atoms with E-state index in [2.05, 4.69) is 15.5 Å². The maximum atomic E-state index is 12.2. The van der Waals surface area contributed by atoms with Gasteiger partial charge in [-0.15, -0.1) is 0 Å². The lowest BCUT2D eigenvalue weighted by Gasteiger charge is -2.20. The molecule has 0 aliphatic heterocycles. The fraction of sp³-hybridized carbons (Fsp3) is 0.438. The normalized spacial score (nSPS) is 12.7. The summed E-state index contributed by atoms with van der Waals surface area (Å²) in [4.78, 5) is 18.4. The highest BCUT2D eigenvalue weighted by atomic mass is 35.5. The van der Waals surface area contributed by atoms with Gasteiger partial charge in [0, 0.05) is 11.6 Å². The number of carbonyl (C=O) groups is 1. The number of halogens is 2. The van der Waals surface area contributed by atoms with E-state index in [1.165, 1.54) is 0 Å². The maximum absolute atomic E-state index is 12.2. The number of nitrogens with one attached hydrogen (secondary N) is 1. The van der Waals surface area contributed by atoms with Crippen LogP contribution >= 0.6 is 23.2 Å². The number of anilines is 1. The van der Waals surface area contributed by atoms with Gasteiger partial charge in [0.15, 0.2) is 5.82 Å². The van der Waals surface area contributed by atoms with Crippen LogP contribution in [0.1, 0.15) is 44.4 Å². The highest BCUT2D eigenvalue weighted by molar-refractivity contribution is 6.42. The fourth-order valence-electron chi connectivity index (χ4n) is 1.98. The SMILES string of the molecule is CC(C)c1noc(C(C)N(C)CC(=O)Nc2ccc(Cl)c(Cl)c2)n1. The van der Waals surface area contributed by atoms with Gasteiger partial charge in [-0.05, 0) is 32.2 Å². The lowest BCUT2D eigenvalue weighted by atomic mass is 10.2. The zero-order valence-electron chi connectivity index (χ0n) is 14.0. The van der Waals surface area contributed by atoms with E-state index in [0.29, 0.717) is 27.4 Å². The van der Waals surface area contributed by atoms with Gasteiger partial charge in [-0.25, -0.2) is 0 Å². The average molecular weight is 371 g/mol. The Morgan fingerprint density at radius 3 is 2.58 bits per heavy atom. The number of hydrogen-bond donors (Lipinski definition) is 1. The number of carbonyl (C=O) groups excluding carboxylic acids is 1. The van der Waals surface area contributed by atoms with Crippen molar-refractivity contribution in [3.05, 3.63) is 40.0 Å². The summed E-state index contributed by atoms with van der Waals surface area (Å²) in [7, 11) is 1.82. The molecule has 0 spiro atoms. The van der Waals surface area contributed by atoms with Crippen LogP contribution in [0.3, 0.4) is 0 Å². The van der Waals surface area contributed by atoms with Crippen LogP contribution < -0.4 is 5.32 Å². The number of hydrogen-bond acceptors (Lipinski definition) is 5. The molecule has 8 heteroatoms. The van der Waals surface area contributed by atoms with E-state index in [-0.39, 0.29) is 24.4 Å². The molecule has 0 saturated carbocycles. The van der Waals surface area contributed by atoms with Crippen molar-refractivity contribution in [2.45, 2.75) is 32.7 Å². The third-order valence-corrected chi connectivity index (χ3v) is 4.33. The van der Waals surface area contributed by atoms with Crippen molar-refractivity contribution in [3.8, 4) is 0 Å². The molecule has 1 aromatic heterocycles. The van der Waals surface area contributed by atoms with Gasteiger partial charge < -0.3 is 9.84 Å². The van der Waals surface area contributed by atoms with Crippen molar-refractivity contribution in [1.29, 1.82) is 0 Å². The largest absolute Gasteiger partial charge is 0.338 e. The molecule has 0 fully saturated rings. The van der Waals surface area contributed by atoms with Crippen LogP contribution in [0.25, 0.3) is 0 Å². The van der Waals surface area contributed by atoms with E-state index in [4.69, 9.17) is 27.7 Å². The molecule has 130 valence electrons. The Kier molecular flexibility index (Phi) is 6.21. The molecular formula is C16H20Cl2N4O2. The van der Waals surface area contributed by atoms with E-state index in [0.717, 1.165) is 0 Å². The minimum atomic E-state index is -0.176. The van der Waals surface area contributed by atoms with Gasteiger partial charge >= 0.3 is 0 Å². The van der Waals surface area contributed by atoms with E-state index in [1.54, 1.807) is 18.2 Å². The second-order valence-electron chi connectivity index (χ2n) is 5.91. The van der Waals surface area contributed by atoms with Crippen LogP contribution in [0.4, 0.5) is 5.69 Å². The lowest BCUT2D eigenvalue weighted by molar-refractivity contribution is -0.117. The first-order valence-electron chi connectivity index (χ1n) is 7.56. The molecule has 0 aliphatic rings. The summed E-state index contributed by atoms with van der Waals surface area (Å²) in [6, 6.07) is 4.77. The van der Waals surface area contributed by atoms with Gasteiger partial charge in [-0.3, -0.25) is 9.69 Å². The van der Waals surface area contributed by atoms with Gasteiger partial charge in [-0.1, -0.05) is 42.2 Å². The van der Waals surface area contributed by atoms with Crippen LogP contribution in [0, 0.1) is 0 Å². The monoisotopic (exact) mass is 370 g/mol. The number of rotatable bonds is 6. The molecule has 0 aliphatic carbocycles. The Hall–Kier alpha value is -1.63. The summed E-state index contributed by atoms with van der Waals surface area (Å²) in [5.74, 6) is 1.17. The summed E-state index contributed by atoms with van der Waals surface area (Å²) in [6.07, 6.45) is 0. The van der Waals surface area contributed by atoms with Crippen molar-refractivity contribution < 1.29 is 9.32 Å². The number of aromatic nitrogens is 2. The molecule has 2 rings (SSSR count). The van der Waals surface area contributed by atoms with E-state index in [9.17, 15) is 4.79 Å². The minimum Gasteiger partial charge on any atom is -0.338 e. The Morgan fingerprint density at radius 2 is 2.00 bits per heavy atom. The fourth-order valence-corrected chi connectivity index (χ4v) is 2.28. The van der Waals surface area contributed by atoms with Gasteiger partial charge in [0.2, 0.25) is 11.8 Å². The third-order valence-electron chi connectivity index (χ3n) is 3.59. The molecule has 1 heterocycles. The van der Waals surface area contributed by atoms with Crippen molar-refractivity contribution >= 4 is 34.8 Å². The Balaban J connectivity index is 1.95. The number of likely N-dealkylation sites (N-methyl/N-ethyl adjacent to an activating group) is 1. The zero-order chi connectivity index (χ0) is 17.9. The Labute approximate surface area is 151 Å². The smallest absolute Gasteiger partial charge is 0.243 e. The van der Waals surface area contributed by atoms with Crippen molar-refractivity contribution in [2.75, 3.05) is 18.9 Å². The van der Waals surface area contributed by atoms with Crippen molar-refractivity contribution in [3.63, 3.8) is 0 Å². The van der Waals surface area contributed by atoms with Crippen LogP contribution in [-0.4, -0.2) is 34.5 Å². The average Bonchev–Trinajstić information content (AvgIpc) is 3.00. The topological polar surface area (TPSA) is 71.3 Å². The van der Waals surface area contributed by atoms with Crippen LogP contribution in [0.5, 0.6) is 0 Å². The molecule has 1 unspecified atom stereocenters. The Morgan fingerprint density at radius 1 is 1.29 bits per heavy atom. The van der Waals surface area contributed by atoms with Crippen molar-refractivity contribution in [2.24, 2.45) is 0 Å². The summed E-state index contributed by atoms with van der Waals surface area (Å²) in [5, 5.41) is 7.56. The molecule has 1 amide bonds. The molecule has 2 aromatic rings. The second kappa shape index (κ2) is 7.96. The lowest BCUT2D eigenvalue weighted by Crippen LogP contribution is -2.32. The predicted molar refractivity (Wildman–Crippen MR) is 94.5 cm³/mol. The number of benzene rings is 1. The summed E-state index contributed by atoms with van der Waals surface area (Å²) >= 11 is 11.8. The van der Waals surface area contributed by atoms with Gasteiger partial charge in [0.05, 0.1) is 22.6 Å². The summed E-state index contributed by atoms with van der Waals surface area (Å²) < 4.78 is 5.27. The highest BCUT2D eigenvalue weighted by Gasteiger charge is 2.21. The number of nitrogens with zero attached hydrogens (tertiary/aromatic N) is 3. The molecule has 6 nitrogen and oxygen atoms in total.